The standard InChI is InChI=1S/C22H26N8O5S3/c1-30(2,7-12-9-37-21(23)25-12)6-4-5-11-8-36-19-15(18(32)29(19)16(11)20(33)34)27-17(31)14(28-35-3)13-10-38-22(24)26-13/h4-5,9-10,15,19H,6-8H2,1-3H3,(H5-,23,24,25,26,27,31,33,34)/b5-4+,28-14-/t15-,19+/m1/s1. The zero-order chi connectivity index (χ0) is 27.6. The zero-order valence-corrected chi connectivity index (χ0v) is 23.2. The number of carbonyl (C=O) groups is 3. The van der Waals surface area contributed by atoms with Crippen LogP contribution in [-0.4, -0.2) is 87.8 Å². The highest BCUT2D eigenvalue weighted by atomic mass is 32.2. The molecule has 0 spiro atoms. The fourth-order valence-corrected chi connectivity index (χ4v) is 6.46. The molecule has 4 rings (SSSR count). The fourth-order valence-electron chi connectivity index (χ4n) is 4.04. The van der Waals surface area contributed by atoms with Gasteiger partial charge in [0.2, 0.25) is 0 Å². The Balaban J connectivity index is 1.45. The van der Waals surface area contributed by atoms with Crippen LogP contribution in [0.2, 0.25) is 0 Å². The van der Waals surface area contributed by atoms with E-state index in [1.165, 1.54) is 30.2 Å². The number of oxime groups is 1. The van der Waals surface area contributed by atoms with Gasteiger partial charge in [0.15, 0.2) is 16.0 Å². The number of nitrogens with two attached hydrogens (primary N) is 2. The number of hydrogen-bond donors (Lipinski definition) is 3. The summed E-state index contributed by atoms with van der Waals surface area (Å²) in [5.41, 5.74) is 12.6. The summed E-state index contributed by atoms with van der Waals surface area (Å²) < 4.78 is 0.566. The van der Waals surface area contributed by atoms with Crippen molar-refractivity contribution in [2.45, 2.75) is 18.0 Å². The molecule has 4 heterocycles. The number of amides is 2. The third kappa shape index (κ3) is 5.82. The number of aromatic nitrogens is 2. The molecule has 2 amide bonds. The monoisotopic (exact) mass is 578 g/mol. The van der Waals surface area contributed by atoms with Crippen molar-refractivity contribution in [3.05, 3.63) is 45.6 Å². The van der Waals surface area contributed by atoms with Gasteiger partial charge in [0.25, 0.3) is 11.8 Å². The number of allylic oxidation sites excluding steroid dienone is 1. The van der Waals surface area contributed by atoms with Gasteiger partial charge in [-0.05, 0) is 11.6 Å². The number of thioether (sulfide) groups is 1. The summed E-state index contributed by atoms with van der Waals surface area (Å²) in [6.45, 7) is 1.24. The van der Waals surface area contributed by atoms with E-state index in [1.807, 2.05) is 25.6 Å². The van der Waals surface area contributed by atoms with Gasteiger partial charge < -0.3 is 36.0 Å². The molecule has 0 saturated carbocycles. The molecular formula is C22H26N8O5S3. The first-order valence-electron chi connectivity index (χ1n) is 11.2. The van der Waals surface area contributed by atoms with Gasteiger partial charge in [0.1, 0.15) is 36.5 Å². The third-order valence-electron chi connectivity index (χ3n) is 5.72. The molecular weight excluding hydrogens is 552 g/mol. The fraction of sp³-hybridized carbons (Fsp3) is 0.364. The number of hydrogen-bond acceptors (Lipinski definition) is 13. The Morgan fingerprint density at radius 3 is 2.61 bits per heavy atom. The van der Waals surface area contributed by atoms with Crippen LogP contribution >= 0.6 is 34.4 Å². The number of nitrogens with zero attached hydrogens (tertiary/aromatic N) is 5. The second kappa shape index (κ2) is 11.1. The molecule has 13 nitrogen and oxygen atoms in total. The molecule has 2 aromatic heterocycles. The predicted octanol–water partition coefficient (Wildman–Crippen LogP) is -0.649. The summed E-state index contributed by atoms with van der Waals surface area (Å²) in [5.74, 6) is -2.40. The number of nitrogens with one attached hydrogen (secondary N) is 1. The average Bonchev–Trinajstić information content (AvgIpc) is 3.46. The molecule has 1 saturated heterocycles. The van der Waals surface area contributed by atoms with Crippen LogP contribution in [0.25, 0.3) is 0 Å². The Morgan fingerprint density at radius 1 is 1.29 bits per heavy atom. The smallest absolute Gasteiger partial charge is 0.276 e. The van der Waals surface area contributed by atoms with E-state index < -0.39 is 29.2 Å². The van der Waals surface area contributed by atoms with Gasteiger partial charge in [-0.25, -0.2) is 9.97 Å². The summed E-state index contributed by atoms with van der Waals surface area (Å²) in [4.78, 5) is 52.1. The topological polar surface area (TPSA) is 189 Å². The molecule has 2 aliphatic heterocycles. The van der Waals surface area contributed by atoms with Crippen molar-refractivity contribution in [2.75, 3.05) is 45.0 Å². The van der Waals surface area contributed by atoms with Crippen LogP contribution in [-0.2, 0) is 25.8 Å². The van der Waals surface area contributed by atoms with E-state index in [1.54, 1.807) is 11.5 Å². The van der Waals surface area contributed by atoms with Crippen molar-refractivity contribution >= 4 is 68.2 Å². The van der Waals surface area contributed by atoms with Crippen molar-refractivity contribution in [1.82, 2.24) is 20.2 Å². The molecule has 2 aromatic rings. The highest BCUT2D eigenvalue weighted by Crippen LogP contribution is 2.40. The van der Waals surface area contributed by atoms with Crippen LogP contribution in [0, 0.1) is 0 Å². The van der Waals surface area contributed by atoms with E-state index in [4.69, 9.17) is 16.3 Å². The van der Waals surface area contributed by atoms with Gasteiger partial charge in [-0.3, -0.25) is 14.5 Å². The zero-order valence-electron chi connectivity index (χ0n) is 20.7. The van der Waals surface area contributed by atoms with Crippen LogP contribution in [0.4, 0.5) is 10.3 Å². The summed E-state index contributed by atoms with van der Waals surface area (Å²) in [5, 5.41) is 22.0. The van der Waals surface area contributed by atoms with E-state index >= 15 is 0 Å². The highest BCUT2D eigenvalue weighted by Gasteiger charge is 2.53. The number of aliphatic carboxylic acids is 1. The Kier molecular flexibility index (Phi) is 8.05. The molecule has 2 atom stereocenters. The van der Waals surface area contributed by atoms with Crippen LogP contribution in [0.1, 0.15) is 11.4 Å². The number of thiazole rings is 2. The Morgan fingerprint density at radius 2 is 2.00 bits per heavy atom. The Labute approximate surface area is 230 Å². The highest BCUT2D eigenvalue weighted by molar-refractivity contribution is 8.00. The van der Waals surface area contributed by atoms with Crippen LogP contribution in [0.15, 0.2) is 39.3 Å². The summed E-state index contributed by atoms with van der Waals surface area (Å²) in [7, 11) is 5.32. The molecule has 0 bridgehead atoms. The van der Waals surface area contributed by atoms with Gasteiger partial charge >= 0.3 is 0 Å². The second-order valence-electron chi connectivity index (χ2n) is 9.07. The van der Waals surface area contributed by atoms with Crippen molar-refractivity contribution in [1.29, 1.82) is 0 Å². The van der Waals surface area contributed by atoms with Gasteiger partial charge in [-0.2, -0.15) is 0 Å². The average molecular weight is 579 g/mol. The largest absolute Gasteiger partial charge is 0.543 e. The number of nitrogen functional groups attached to an aromatic ring is 2. The maximum absolute atomic E-state index is 13.0. The van der Waals surface area contributed by atoms with Gasteiger partial charge in [0, 0.05) is 16.5 Å². The number of fused-ring (bicyclic) bond motifs is 1. The van der Waals surface area contributed by atoms with E-state index in [9.17, 15) is 19.5 Å². The van der Waals surface area contributed by atoms with Crippen molar-refractivity contribution < 1.29 is 28.8 Å². The lowest BCUT2D eigenvalue weighted by molar-refractivity contribution is -0.898. The molecule has 38 heavy (non-hydrogen) atoms. The van der Waals surface area contributed by atoms with Crippen LogP contribution < -0.4 is 21.9 Å². The SMILES string of the molecule is CO/N=C(\C(=O)N[C@@H]1C(=O)N2C(C(=O)[O-])=C(/C=C/C[N+](C)(C)Cc3csc(N)n3)CS[C@@H]12)c1csc(N)n1. The van der Waals surface area contributed by atoms with E-state index in [-0.39, 0.29) is 22.2 Å². The van der Waals surface area contributed by atoms with Gasteiger partial charge in [-0.15, -0.1) is 34.4 Å². The van der Waals surface area contributed by atoms with Gasteiger partial charge in [-0.1, -0.05) is 11.2 Å². The molecule has 16 heteroatoms. The minimum absolute atomic E-state index is 0.145. The molecule has 0 aliphatic carbocycles. The van der Waals surface area contributed by atoms with Gasteiger partial charge in [0.05, 0.1) is 32.3 Å². The first-order valence-corrected chi connectivity index (χ1v) is 14.0. The molecule has 0 unspecified atom stereocenters. The number of carbonyl (C=O) groups excluding carboxylic acids is 3. The minimum atomic E-state index is -1.46. The van der Waals surface area contributed by atoms with Crippen molar-refractivity contribution in [3.8, 4) is 0 Å². The molecule has 2 aliphatic rings. The number of carboxylic acids is 1. The lowest BCUT2D eigenvalue weighted by Crippen LogP contribution is -2.71. The number of likely N-dealkylation sites (N-methyl/N-ethyl adjacent to an activating group) is 1. The summed E-state index contributed by atoms with van der Waals surface area (Å²) in [6.07, 6.45) is 3.57. The third-order valence-corrected chi connectivity index (χ3v) is 8.42. The lowest BCUT2D eigenvalue weighted by Gasteiger charge is -2.50. The Bertz CT molecular complexity index is 1350. The minimum Gasteiger partial charge on any atom is -0.543 e. The Hall–Kier alpha value is -3.47. The van der Waals surface area contributed by atoms with Crippen LogP contribution in [0.5, 0.6) is 0 Å². The second-order valence-corrected chi connectivity index (χ2v) is 12.0. The molecule has 1 fully saturated rings. The number of β-lactam (4-membered cyclic amide) rings is 1. The normalized spacial score (nSPS) is 19.9. The first kappa shape index (κ1) is 27.6. The number of anilines is 2. The van der Waals surface area contributed by atoms with E-state index in [0.717, 1.165) is 21.9 Å². The van der Waals surface area contributed by atoms with E-state index in [2.05, 4.69) is 20.4 Å². The lowest BCUT2D eigenvalue weighted by atomic mass is 10.0. The number of carboxylic acid groups (broad SMARTS) is 1. The molecule has 202 valence electrons. The van der Waals surface area contributed by atoms with E-state index in [0.29, 0.717) is 34.0 Å². The molecule has 0 radical (unpaired) electrons. The molecule has 0 aromatic carbocycles. The number of quaternary nitrogens is 1. The van der Waals surface area contributed by atoms with Crippen LogP contribution in [0.3, 0.4) is 0 Å². The summed E-state index contributed by atoms with van der Waals surface area (Å²) in [6, 6.07) is -0.952. The maximum Gasteiger partial charge on any atom is 0.276 e. The van der Waals surface area contributed by atoms with Crippen molar-refractivity contribution in [3.63, 3.8) is 0 Å². The first-order chi connectivity index (χ1) is 18.0. The predicted molar refractivity (Wildman–Crippen MR) is 143 cm³/mol. The van der Waals surface area contributed by atoms with Crippen molar-refractivity contribution in [2.24, 2.45) is 5.16 Å². The number of rotatable bonds is 10. The quantitative estimate of drug-likeness (QED) is 0.141. The molecule has 5 N–H and O–H groups in total. The summed E-state index contributed by atoms with van der Waals surface area (Å²) >= 11 is 3.85. The maximum atomic E-state index is 13.0.